The SMILES string of the molecule is C/C=C/C(=O)Oc1c([N+](=O)[O-])cc(C(CCC)CCCC)cc1[N+](=O)[O-]. The summed E-state index contributed by atoms with van der Waals surface area (Å²) in [4.78, 5) is 33.1. The average Bonchev–Trinajstić information content (AvgIpc) is 2.58. The summed E-state index contributed by atoms with van der Waals surface area (Å²) in [5.41, 5.74) is -0.598. The molecule has 0 fully saturated rings. The van der Waals surface area contributed by atoms with Gasteiger partial charge in [-0.05, 0) is 31.2 Å². The molecule has 0 radical (unpaired) electrons. The van der Waals surface area contributed by atoms with Gasteiger partial charge in [0, 0.05) is 18.2 Å². The van der Waals surface area contributed by atoms with Crippen LogP contribution >= 0.6 is 0 Å². The lowest BCUT2D eigenvalue weighted by Crippen LogP contribution is -2.10. The van der Waals surface area contributed by atoms with Crippen molar-refractivity contribution in [1.82, 2.24) is 0 Å². The van der Waals surface area contributed by atoms with Crippen LogP contribution < -0.4 is 4.74 Å². The van der Waals surface area contributed by atoms with Crippen molar-refractivity contribution in [3.8, 4) is 5.75 Å². The summed E-state index contributed by atoms with van der Waals surface area (Å²) in [6.07, 6.45) is 6.73. The van der Waals surface area contributed by atoms with Crippen LogP contribution in [0.4, 0.5) is 11.4 Å². The number of carbonyl (C=O) groups excluding carboxylic acids is 1. The van der Waals surface area contributed by atoms with Crippen molar-refractivity contribution >= 4 is 17.3 Å². The maximum atomic E-state index is 11.7. The van der Waals surface area contributed by atoms with Crippen molar-refractivity contribution < 1.29 is 19.4 Å². The molecular formula is C18H24N2O6. The lowest BCUT2D eigenvalue weighted by atomic mass is 9.89. The van der Waals surface area contributed by atoms with Gasteiger partial charge in [0.05, 0.1) is 9.85 Å². The fraction of sp³-hybridized carbons (Fsp3) is 0.500. The fourth-order valence-electron chi connectivity index (χ4n) is 2.78. The second kappa shape index (κ2) is 10.3. The first-order valence-electron chi connectivity index (χ1n) is 8.66. The average molecular weight is 364 g/mol. The van der Waals surface area contributed by atoms with Gasteiger partial charge < -0.3 is 4.74 Å². The Morgan fingerprint density at radius 3 is 2.12 bits per heavy atom. The number of carbonyl (C=O) groups is 1. The van der Waals surface area contributed by atoms with Gasteiger partial charge in [-0.1, -0.05) is 39.2 Å². The molecule has 0 aliphatic rings. The molecule has 8 heteroatoms. The molecule has 0 aromatic heterocycles. The van der Waals surface area contributed by atoms with Crippen molar-refractivity contribution in [3.05, 3.63) is 50.1 Å². The van der Waals surface area contributed by atoms with Gasteiger partial charge in [0.15, 0.2) is 0 Å². The third kappa shape index (κ3) is 5.65. The molecule has 26 heavy (non-hydrogen) atoms. The molecule has 1 atom stereocenters. The molecule has 0 saturated carbocycles. The van der Waals surface area contributed by atoms with Crippen molar-refractivity contribution in [2.45, 2.75) is 58.8 Å². The standard InChI is InChI=1S/C18H24N2O6/c1-4-7-10-13(8-5-2)14-11-15(19(22)23)18(16(12-14)20(24)25)26-17(21)9-6-3/h6,9,11-13H,4-5,7-8,10H2,1-3H3/b9-6+. The molecule has 8 nitrogen and oxygen atoms in total. The first-order valence-corrected chi connectivity index (χ1v) is 8.66. The lowest BCUT2D eigenvalue weighted by Gasteiger charge is -2.17. The predicted molar refractivity (Wildman–Crippen MR) is 97.4 cm³/mol. The van der Waals surface area contributed by atoms with Gasteiger partial charge in [-0.15, -0.1) is 0 Å². The molecule has 0 aliphatic heterocycles. The number of nitro benzene ring substituents is 2. The number of benzene rings is 1. The van der Waals surface area contributed by atoms with Crippen LogP contribution in [0.1, 0.15) is 64.4 Å². The number of rotatable bonds is 10. The topological polar surface area (TPSA) is 113 Å². The maximum Gasteiger partial charge on any atom is 0.336 e. The van der Waals surface area contributed by atoms with Crippen LogP contribution in [-0.2, 0) is 4.79 Å². The highest BCUT2D eigenvalue weighted by Crippen LogP contribution is 2.41. The third-order valence-electron chi connectivity index (χ3n) is 3.99. The van der Waals surface area contributed by atoms with Gasteiger partial charge in [-0.25, -0.2) is 4.79 Å². The van der Waals surface area contributed by atoms with E-state index in [0.717, 1.165) is 38.2 Å². The van der Waals surface area contributed by atoms with Crippen LogP contribution in [0.15, 0.2) is 24.3 Å². The molecule has 0 amide bonds. The van der Waals surface area contributed by atoms with Crippen molar-refractivity contribution in [1.29, 1.82) is 0 Å². The minimum Gasteiger partial charge on any atom is -0.409 e. The molecule has 0 heterocycles. The monoisotopic (exact) mass is 364 g/mol. The lowest BCUT2D eigenvalue weighted by molar-refractivity contribution is -0.395. The molecule has 1 aromatic carbocycles. The second-order valence-corrected chi connectivity index (χ2v) is 5.95. The van der Waals surface area contributed by atoms with E-state index in [4.69, 9.17) is 4.74 Å². The van der Waals surface area contributed by atoms with Gasteiger partial charge in [0.1, 0.15) is 0 Å². The molecule has 0 bridgehead atoms. The highest BCUT2D eigenvalue weighted by atomic mass is 16.6. The van der Waals surface area contributed by atoms with Gasteiger partial charge in [0.25, 0.3) is 5.75 Å². The van der Waals surface area contributed by atoms with Crippen molar-refractivity contribution in [2.75, 3.05) is 0 Å². The van der Waals surface area contributed by atoms with E-state index in [2.05, 4.69) is 0 Å². The van der Waals surface area contributed by atoms with Crippen LogP contribution in [0, 0.1) is 20.2 Å². The first-order chi connectivity index (χ1) is 12.3. The Morgan fingerprint density at radius 1 is 1.12 bits per heavy atom. The first kappa shape index (κ1) is 21.3. The smallest absolute Gasteiger partial charge is 0.336 e. The Hall–Kier alpha value is -2.77. The molecule has 0 spiro atoms. The largest absolute Gasteiger partial charge is 0.409 e. The van der Waals surface area contributed by atoms with E-state index in [0.29, 0.717) is 5.56 Å². The molecule has 0 aliphatic carbocycles. The van der Waals surface area contributed by atoms with Crippen LogP contribution in [0.3, 0.4) is 0 Å². The number of ether oxygens (including phenoxy) is 1. The predicted octanol–water partition coefficient (Wildman–Crippen LogP) is 5.06. The number of nitro groups is 2. The molecule has 1 unspecified atom stereocenters. The molecule has 0 saturated heterocycles. The Morgan fingerprint density at radius 2 is 1.69 bits per heavy atom. The number of hydrogen-bond acceptors (Lipinski definition) is 6. The fourth-order valence-corrected chi connectivity index (χ4v) is 2.78. The minimum atomic E-state index is -0.900. The Labute approximate surface area is 152 Å². The van der Waals surface area contributed by atoms with Crippen molar-refractivity contribution in [3.63, 3.8) is 0 Å². The molecule has 1 aromatic rings. The van der Waals surface area contributed by atoms with E-state index in [9.17, 15) is 25.0 Å². The zero-order valence-electron chi connectivity index (χ0n) is 15.3. The Bertz CT molecular complexity index is 664. The summed E-state index contributed by atoms with van der Waals surface area (Å²) in [5, 5.41) is 22.9. The van der Waals surface area contributed by atoms with E-state index in [1.165, 1.54) is 18.2 Å². The van der Waals surface area contributed by atoms with Crippen LogP contribution in [0.5, 0.6) is 5.75 Å². The molecule has 142 valence electrons. The van der Waals surface area contributed by atoms with E-state index in [1.807, 2.05) is 13.8 Å². The number of allylic oxidation sites excluding steroid dienone is 1. The van der Waals surface area contributed by atoms with E-state index < -0.39 is 32.9 Å². The van der Waals surface area contributed by atoms with Gasteiger partial charge >= 0.3 is 17.3 Å². The highest BCUT2D eigenvalue weighted by Gasteiger charge is 2.31. The third-order valence-corrected chi connectivity index (χ3v) is 3.99. The van der Waals surface area contributed by atoms with E-state index >= 15 is 0 Å². The number of hydrogen-bond donors (Lipinski definition) is 0. The maximum absolute atomic E-state index is 11.7. The summed E-state index contributed by atoms with van der Waals surface area (Å²) in [5.74, 6) is -1.54. The number of unbranched alkanes of at least 4 members (excludes halogenated alkanes) is 1. The summed E-state index contributed by atoms with van der Waals surface area (Å²) < 4.78 is 4.91. The van der Waals surface area contributed by atoms with Gasteiger partial charge in [0.2, 0.25) is 0 Å². The molecule has 0 N–H and O–H groups in total. The van der Waals surface area contributed by atoms with Gasteiger partial charge in [-0.3, -0.25) is 20.2 Å². The molecular weight excluding hydrogens is 340 g/mol. The second-order valence-electron chi connectivity index (χ2n) is 5.95. The normalized spacial score (nSPS) is 12.1. The zero-order chi connectivity index (χ0) is 19.7. The number of esters is 1. The quantitative estimate of drug-likeness (QED) is 0.188. The summed E-state index contributed by atoms with van der Waals surface area (Å²) in [6, 6.07) is 2.59. The zero-order valence-corrected chi connectivity index (χ0v) is 15.3. The molecule has 1 rings (SSSR count). The van der Waals surface area contributed by atoms with Crippen LogP contribution in [-0.4, -0.2) is 15.8 Å². The Balaban J connectivity index is 3.50. The summed E-state index contributed by atoms with van der Waals surface area (Å²) in [7, 11) is 0. The van der Waals surface area contributed by atoms with Crippen LogP contribution in [0.2, 0.25) is 0 Å². The van der Waals surface area contributed by atoms with Crippen molar-refractivity contribution in [2.24, 2.45) is 0 Å². The Kier molecular flexibility index (Phi) is 8.41. The van der Waals surface area contributed by atoms with Crippen LogP contribution in [0.25, 0.3) is 0 Å². The van der Waals surface area contributed by atoms with E-state index in [1.54, 1.807) is 6.92 Å². The summed E-state index contributed by atoms with van der Waals surface area (Å²) >= 11 is 0. The number of nitrogens with zero attached hydrogens (tertiary/aromatic N) is 2. The minimum absolute atomic E-state index is 0.0161. The highest BCUT2D eigenvalue weighted by molar-refractivity contribution is 5.86. The van der Waals surface area contributed by atoms with E-state index in [-0.39, 0.29) is 5.92 Å². The summed E-state index contributed by atoms with van der Waals surface area (Å²) in [6.45, 7) is 5.60. The van der Waals surface area contributed by atoms with Gasteiger partial charge in [-0.2, -0.15) is 0 Å².